The van der Waals surface area contributed by atoms with E-state index in [-0.39, 0.29) is 5.41 Å². The van der Waals surface area contributed by atoms with Crippen LogP contribution in [0.5, 0.6) is 0 Å². The van der Waals surface area contributed by atoms with Crippen LogP contribution in [-0.4, -0.2) is 6.04 Å². The van der Waals surface area contributed by atoms with Gasteiger partial charge in [0.25, 0.3) is 0 Å². The van der Waals surface area contributed by atoms with Crippen molar-refractivity contribution in [2.24, 2.45) is 5.84 Å². The molecule has 1 aliphatic rings. The summed E-state index contributed by atoms with van der Waals surface area (Å²) >= 11 is 0. The van der Waals surface area contributed by atoms with E-state index in [1.165, 1.54) is 36.8 Å². The van der Waals surface area contributed by atoms with E-state index < -0.39 is 0 Å². The number of benzene rings is 1. The second kappa shape index (κ2) is 7.24. The van der Waals surface area contributed by atoms with Crippen LogP contribution in [0.4, 0.5) is 0 Å². The topological polar surface area (TPSA) is 38.0 Å². The van der Waals surface area contributed by atoms with Gasteiger partial charge in [-0.1, -0.05) is 56.7 Å². The Morgan fingerprint density at radius 2 is 1.81 bits per heavy atom. The Morgan fingerprint density at radius 3 is 2.33 bits per heavy atom. The highest BCUT2D eigenvalue weighted by Gasteiger charge is 2.15. The molecule has 0 fully saturated rings. The van der Waals surface area contributed by atoms with Gasteiger partial charge in [-0.3, -0.25) is 11.3 Å². The van der Waals surface area contributed by atoms with E-state index in [9.17, 15) is 0 Å². The highest BCUT2D eigenvalue weighted by atomic mass is 15.2. The minimum Gasteiger partial charge on any atom is -0.271 e. The molecule has 0 radical (unpaired) electrons. The zero-order valence-electron chi connectivity index (χ0n) is 13.8. The van der Waals surface area contributed by atoms with E-state index >= 15 is 0 Å². The molecule has 0 saturated heterocycles. The summed E-state index contributed by atoms with van der Waals surface area (Å²) in [6.45, 7) is 6.76. The molecule has 0 amide bonds. The van der Waals surface area contributed by atoms with Crippen molar-refractivity contribution < 1.29 is 0 Å². The Labute approximate surface area is 129 Å². The highest BCUT2D eigenvalue weighted by Crippen LogP contribution is 2.24. The first kappa shape index (κ1) is 16.3. The predicted molar refractivity (Wildman–Crippen MR) is 91.1 cm³/mol. The van der Waals surface area contributed by atoms with Gasteiger partial charge >= 0.3 is 0 Å². The maximum absolute atomic E-state index is 5.76. The molecular weight excluding hydrogens is 256 g/mol. The standard InChI is InChI=1S/C19H30N2/c1-19(2,3)17-11-9-16(10-12-17)14-18(21-20)13-15-7-5-4-6-8-15/h7,9-12,18,21H,4-6,8,13-14,20H2,1-3H3. The third-order valence-corrected chi connectivity index (χ3v) is 4.43. The minimum absolute atomic E-state index is 0.219. The summed E-state index contributed by atoms with van der Waals surface area (Å²) in [4.78, 5) is 0. The highest BCUT2D eigenvalue weighted by molar-refractivity contribution is 5.28. The van der Waals surface area contributed by atoms with Gasteiger partial charge in [0, 0.05) is 6.04 Å². The van der Waals surface area contributed by atoms with Crippen molar-refractivity contribution in [2.75, 3.05) is 0 Å². The van der Waals surface area contributed by atoms with E-state index in [1.54, 1.807) is 5.57 Å². The van der Waals surface area contributed by atoms with E-state index in [0.29, 0.717) is 6.04 Å². The lowest BCUT2D eigenvalue weighted by Crippen LogP contribution is -2.37. The molecule has 0 bridgehead atoms. The average molecular weight is 286 g/mol. The summed E-state index contributed by atoms with van der Waals surface area (Å²) in [5.74, 6) is 5.76. The van der Waals surface area contributed by atoms with E-state index in [4.69, 9.17) is 5.84 Å². The number of nitrogens with two attached hydrogens (primary N) is 1. The molecule has 0 aliphatic heterocycles. The van der Waals surface area contributed by atoms with Gasteiger partial charge in [0.05, 0.1) is 0 Å². The van der Waals surface area contributed by atoms with E-state index in [2.05, 4.69) is 56.5 Å². The number of hydrogen-bond donors (Lipinski definition) is 2. The molecule has 1 unspecified atom stereocenters. The summed E-state index contributed by atoms with van der Waals surface area (Å²) in [6, 6.07) is 9.35. The lowest BCUT2D eigenvalue weighted by Gasteiger charge is -2.22. The summed E-state index contributed by atoms with van der Waals surface area (Å²) < 4.78 is 0. The van der Waals surface area contributed by atoms with E-state index in [0.717, 1.165) is 12.8 Å². The Kier molecular flexibility index (Phi) is 5.60. The number of hydrazine groups is 1. The maximum atomic E-state index is 5.76. The van der Waals surface area contributed by atoms with Crippen LogP contribution >= 0.6 is 0 Å². The van der Waals surface area contributed by atoms with Crippen LogP contribution in [0.2, 0.25) is 0 Å². The summed E-state index contributed by atoms with van der Waals surface area (Å²) in [5.41, 5.74) is 7.55. The van der Waals surface area contributed by atoms with Crippen LogP contribution < -0.4 is 11.3 Å². The van der Waals surface area contributed by atoms with Crippen molar-refractivity contribution in [2.45, 2.75) is 70.8 Å². The van der Waals surface area contributed by atoms with Crippen LogP contribution in [0.1, 0.15) is 64.0 Å². The molecule has 1 aliphatic carbocycles. The fourth-order valence-corrected chi connectivity index (χ4v) is 3.02. The number of rotatable bonds is 5. The normalized spacial score (nSPS) is 17.4. The van der Waals surface area contributed by atoms with Crippen LogP contribution in [0, 0.1) is 0 Å². The molecule has 2 rings (SSSR count). The van der Waals surface area contributed by atoms with Gasteiger partial charge in [-0.25, -0.2) is 0 Å². The van der Waals surface area contributed by atoms with Crippen LogP contribution in [-0.2, 0) is 11.8 Å². The molecule has 1 aromatic carbocycles. The molecule has 3 N–H and O–H groups in total. The molecule has 0 saturated carbocycles. The third kappa shape index (κ3) is 4.98. The second-order valence-electron chi connectivity index (χ2n) is 7.33. The van der Waals surface area contributed by atoms with Gasteiger partial charge in [0.2, 0.25) is 0 Å². The first-order valence-corrected chi connectivity index (χ1v) is 8.22. The van der Waals surface area contributed by atoms with Crippen molar-refractivity contribution in [1.29, 1.82) is 0 Å². The average Bonchev–Trinajstić information content (AvgIpc) is 2.47. The van der Waals surface area contributed by atoms with Crippen LogP contribution in [0.25, 0.3) is 0 Å². The summed E-state index contributed by atoms with van der Waals surface area (Å²) in [7, 11) is 0. The SMILES string of the molecule is CC(C)(C)c1ccc(CC(CC2=CCCCC2)NN)cc1. The monoisotopic (exact) mass is 286 g/mol. The zero-order chi connectivity index (χ0) is 15.3. The first-order chi connectivity index (χ1) is 9.99. The molecule has 0 spiro atoms. The molecule has 2 heteroatoms. The Balaban J connectivity index is 1.96. The van der Waals surface area contributed by atoms with Crippen molar-refractivity contribution in [3.8, 4) is 0 Å². The van der Waals surface area contributed by atoms with Crippen molar-refractivity contribution in [3.63, 3.8) is 0 Å². The molecule has 1 aromatic rings. The minimum atomic E-state index is 0.219. The summed E-state index contributed by atoms with van der Waals surface area (Å²) in [5, 5.41) is 0. The fourth-order valence-electron chi connectivity index (χ4n) is 3.02. The number of allylic oxidation sites excluding steroid dienone is 1. The van der Waals surface area contributed by atoms with Gasteiger partial charge in [0.1, 0.15) is 0 Å². The maximum Gasteiger partial charge on any atom is 0.0288 e. The van der Waals surface area contributed by atoms with Crippen molar-refractivity contribution in [3.05, 3.63) is 47.0 Å². The van der Waals surface area contributed by atoms with Gasteiger partial charge < -0.3 is 0 Å². The van der Waals surface area contributed by atoms with Gasteiger partial charge in [-0.05, 0) is 55.1 Å². The Morgan fingerprint density at radius 1 is 1.10 bits per heavy atom. The Bertz CT molecular complexity index is 465. The quantitative estimate of drug-likeness (QED) is 0.482. The molecule has 0 heterocycles. The largest absolute Gasteiger partial charge is 0.271 e. The van der Waals surface area contributed by atoms with Crippen molar-refractivity contribution >= 4 is 0 Å². The predicted octanol–water partition coefficient (Wildman–Crippen LogP) is 4.25. The van der Waals surface area contributed by atoms with E-state index in [1.807, 2.05) is 0 Å². The summed E-state index contributed by atoms with van der Waals surface area (Å²) in [6.07, 6.45) is 9.67. The lowest BCUT2D eigenvalue weighted by atomic mass is 9.86. The molecule has 1 atom stereocenters. The smallest absolute Gasteiger partial charge is 0.0288 e. The lowest BCUT2D eigenvalue weighted by molar-refractivity contribution is 0.504. The number of nitrogens with one attached hydrogen (secondary N) is 1. The van der Waals surface area contributed by atoms with Gasteiger partial charge in [0.15, 0.2) is 0 Å². The molecule has 116 valence electrons. The Hall–Kier alpha value is -1.12. The van der Waals surface area contributed by atoms with Crippen LogP contribution in [0.3, 0.4) is 0 Å². The van der Waals surface area contributed by atoms with Gasteiger partial charge in [-0.2, -0.15) is 0 Å². The number of hydrogen-bond acceptors (Lipinski definition) is 2. The fraction of sp³-hybridized carbons (Fsp3) is 0.579. The first-order valence-electron chi connectivity index (χ1n) is 8.22. The van der Waals surface area contributed by atoms with Gasteiger partial charge in [-0.15, -0.1) is 0 Å². The molecular formula is C19H30N2. The van der Waals surface area contributed by atoms with Crippen LogP contribution in [0.15, 0.2) is 35.9 Å². The molecule has 2 nitrogen and oxygen atoms in total. The second-order valence-corrected chi connectivity index (χ2v) is 7.33. The molecule has 0 aromatic heterocycles. The van der Waals surface area contributed by atoms with Crippen molar-refractivity contribution in [1.82, 2.24) is 5.43 Å². The zero-order valence-corrected chi connectivity index (χ0v) is 13.8. The third-order valence-electron chi connectivity index (χ3n) is 4.43. The molecule has 21 heavy (non-hydrogen) atoms.